The monoisotopic (exact) mass is 379 g/mol. The summed E-state index contributed by atoms with van der Waals surface area (Å²) in [5.41, 5.74) is 3.52. The molecule has 138 valence electrons. The van der Waals surface area contributed by atoms with Gasteiger partial charge >= 0.3 is 0 Å². The Labute approximate surface area is 162 Å². The summed E-state index contributed by atoms with van der Waals surface area (Å²) in [5, 5.41) is 2.90. The summed E-state index contributed by atoms with van der Waals surface area (Å²) in [6.45, 7) is 6.68. The van der Waals surface area contributed by atoms with Gasteiger partial charge in [-0.3, -0.25) is 9.78 Å². The second-order valence-corrected chi connectivity index (χ2v) is 7.90. The van der Waals surface area contributed by atoms with E-state index in [4.69, 9.17) is 9.72 Å². The Balaban J connectivity index is 1.71. The van der Waals surface area contributed by atoms with Crippen molar-refractivity contribution in [3.8, 4) is 27.7 Å². The molecule has 3 heterocycles. The SMILES string of the molecule is CC(C)CN1C(=O)C(C)Oc2ccc(-c3csc(-c4ccccn4)n3)cc21. The molecule has 1 aliphatic heterocycles. The van der Waals surface area contributed by atoms with Crippen molar-refractivity contribution < 1.29 is 9.53 Å². The molecule has 3 aromatic rings. The normalized spacial score (nSPS) is 16.4. The van der Waals surface area contributed by atoms with E-state index in [0.717, 1.165) is 33.4 Å². The fraction of sp³-hybridized carbons (Fsp3) is 0.286. The third kappa shape index (κ3) is 3.45. The minimum atomic E-state index is -0.461. The van der Waals surface area contributed by atoms with Crippen LogP contribution in [0.25, 0.3) is 22.0 Å². The van der Waals surface area contributed by atoms with E-state index in [1.54, 1.807) is 24.5 Å². The number of pyridine rings is 1. The highest BCUT2D eigenvalue weighted by atomic mass is 32.1. The quantitative estimate of drug-likeness (QED) is 0.662. The van der Waals surface area contributed by atoms with E-state index in [1.807, 2.05) is 46.7 Å². The molecule has 1 unspecified atom stereocenters. The zero-order valence-electron chi connectivity index (χ0n) is 15.5. The van der Waals surface area contributed by atoms with Crippen LogP contribution in [0.5, 0.6) is 5.75 Å². The molecular weight excluding hydrogens is 358 g/mol. The van der Waals surface area contributed by atoms with Crippen molar-refractivity contribution in [3.63, 3.8) is 0 Å². The number of carbonyl (C=O) groups is 1. The van der Waals surface area contributed by atoms with Crippen LogP contribution < -0.4 is 9.64 Å². The summed E-state index contributed by atoms with van der Waals surface area (Å²) in [6.07, 6.45) is 1.31. The van der Waals surface area contributed by atoms with Gasteiger partial charge < -0.3 is 9.64 Å². The Bertz CT molecular complexity index is 969. The van der Waals surface area contributed by atoms with E-state index in [1.165, 1.54) is 0 Å². The second kappa shape index (κ2) is 7.12. The van der Waals surface area contributed by atoms with Gasteiger partial charge in [-0.2, -0.15) is 0 Å². The number of ether oxygens (including phenoxy) is 1. The maximum Gasteiger partial charge on any atom is 0.267 e. The second-order valence-electron chi connectivity index (χ2n) is 7.04. The Hall–Kier alpha value is -2.73. The number of hydrogen-bond acceptors (Lipinski definition) is 5. The van der Waals surface area contributed by atoms with Crippen LogP contribution in [0.3, 0.4) is 0 Å². The minimum Gasteiger partial charge on any atom is -0.479 e. The Morgan fingerprint density at radius 1 is 1.22 bits per heavy atom. The minimum absolute atomic E-state index is 0.000743. The number of hydrogen-bond donors (Lipinski definition) is 0. The van der Waals surface area contributed by atoms with Gasteiger partial charge in [0.1, 0.15) is 10.8 Å². The predicted molar refractivity (Wildman–Crippen MR) is 108 cm³/mol. The number of amides is 1. The highest BCUT2D eigenvalue weighted by molar-refractivity contribution is 7.13. The Kier molecular flexibility index (Phi) is 4.66. The van der Waals surface area contributed by atoms with Crippen molar-refractivity contribution in [2.24, 2.45) is 5.92 Å². The first-order chi connectivity index (χ1) is 13.0. The highest BCUT2D eigenvalue weighted by Crippen LogP contribution is 2.38. The molecule has 0 saturated carbocycles. The van der Waals surface area contributed by atoms with Crippen molar-refractivity contribution in [1.29, 1.82) is 0 Å². The molecule has 0 saturated heterocycles. The van der Waals surface area contributed by atoms with E-state index in [0.29, 0.717) is 12.5 Å². The molecular formula is C21H21N3O2S. The third-order valence-corrected chi connectivity index (χ3v) is 5.26. The van der Waals surface area contributed by atoms with Crippen LogP contribution in [0.15, 0.2) is 48.0 Å². The standard InChI is InChI=1S/C21H21N3O2S/c1-13(2)11-24-18-10-15(7-8-19(18)26-14(3)21(24)25)17-12-27-20(23-17)16-6-4-5-9-22-16/h4-10,12-14H,11H2,1-3H3. The molecule has 0 radical (unpaired) electrons. The zero-order valence-corrected chi connectivity index (χ0v) is 16.4. The van der Waals surface area contributed by atoms with Crippen molar-refractivity contribution in [3.05, 3.63) is 48.0 Å². The van der Waals surface area contributed by atoms with Gasteiger partial charge in [-0.1, -0.05) is 19.9 Å². The van der Waals surface area contributed by atoms with Crippen LogP contribution in [0.1, 0.15) is 20.8 Å². The van der Waals surface area contributed by atoms with Gasteiger partial charge in [0, 0.05) is 23.7 Å². The number of nitrogens with zero attached hydrogens (tertiary/aromatic N) is 3. The number of thiazole rings is 1. The Morgan fingerprint density at radius 2 is 2.07 bits per heavy atom. The van der Waals surface area contributed by atoms with Gasteiger partial charge in [-0.05, 0) is 43.2 Å². The van der Waals surface area contributed by atoms with E-state index >= 15 is 0 Å². The van der Waals surface area contributed by atoms with Gasteiger partial charge in [0.05, 0.1) is 17.1 Å². The number of rotatable bonds is 4. The van der Waals surface area contributed by atoms with Gasteiger partial charge in [-0.25, -0.2) is 4.98 Å². The fourth-order valence-electron chi connectivity index (χ4n) is 3.13. The van der Waals surface area contributed by atoms with Gasteiger partial charge in [0.25, 0.3) is 5.91 Å². The molecule has 6 heteroatoms. The van der Waals surface area contributed by atoms with Crippen LogP contribution in [0.4, 0.5) is 5.69 Å². The lowest BCUT2D eigenvalue weighted by atomic mass is 10.1. The number of fused-ring (bicyclic) bond motifs is 1. The summed E-state index contributed by atoms with van der Waals surface area (Å²) < 4.78 is 5.80. The molecule has 0 bridgehead atoms. The number of aromatic nitrogens is 2. The molecule has 4 rings (SSSR count). The first kappa shape index (κ1) is 17.7. The first-order valence-corrected chi connectivity index (χ1v) is 9.90. The number of carbonyl (C=O) groups excluding carboxylic acids is 1. The van der Waals surface area contributed by atoms with Gasteiger partial charge in [0.2, 0.25) is 0 Å². The predicted octanol–water partition coefficient (Wildman–Crippen LogP) is 4.64. The molecule has 27 heavy (non-hydrogen) atoms. The van der Waals surface area contributed by atoms with Crippen LogP contribution in [0.2, 0.25) is 0 Å². The summed E-state index contributed by atoms with van der Waals surface area (Å²) in [6, 6.07) is 11.7. The van der Waals surface area contributed by atoms with Gasteiger partial charge in [-0.15, -0.1) is 11.3 Å². The molecule has 5 nitrogen and oxygen atoms in total. The summed E-state index contributed by atoms with van der Waals surface area (Å²) >= 11 is 1.56. The molecule has 1 aromatic carbocycles. The van der Waals surface area contributed by atoms with Crippen LogP contribution >= 0.6 is 11.3 Å². The lowest BCUT2D eigenvalue weighted by molar-refractivity contribution is -0.125. The molecule has 1 atom stereocenters. The van der Waals surface area contributed by atoms with Crippen LogP contribution in [-0.2, 0) is 4.79 Å². The molecule has 0 aliphatic carbocycles. The van der Waals surface area contributed by atoms with Crippen molar-refractivity contribution >= 4 is 22.9 Å². The maximum absolute atomic E-state index is 12.6. The lowest BCUT2D eigenvalue weighted by Gasteiger charge is -2.34. The largest absolute Gasteiger partial charge is 0.479 e. The Morgan fingerprint density at radius 3 is 2.81 bits per heavy atom. The summed E-state index contributed by atoms with van der Waals surface area (Å²) in [4.78, 5) is 23.6. The molecule has 1 aliphatic rings. The average molecular weight is 379 g/mol. The molecule has 1 amide bonds. The van der Waals surface area contributed by atoms with Crippen molar-refractivity contribution in [2.75, 3.05) is 11.4 Å². The fourth-order valence-corrected chi connectivity index (χ4v) is 3.94. The van der Waals surface area contributed by atoms with E-state index in [9.17, 15) is 4.79 Å². The summed E-state index contributed by atoms with van der Waals surface area (Å²) in [7, 11) is 0. The zero-order chi connectivity index (χ0) is 19.0. The lowest BCUT2D eigenvalue weighted by Crippen LogP contribution is -2.46. The maximum atomic E-state index is 12.6. The molecule has 2 aromatic heterocycles. The molecule has 0 N–H and O–H groups in total. The van der Waals surface area contributed by atoms with E-state index in [-0.39, 0.29) is 5.91 Å². The molecule has 0 fully saturated rings. The third-order valence-electron chi connectivity index (χ3n) is 4.40. The van der Waals surface area contributed by atoms with Crippen molar-refractivity contribution in [2.45, 2.75) is 26.9 Å². The highest BCUT2D eigenvalue weighted by Gasteiger charge is 2.32. The van der Waals surface area contributed by atoms with E-state index < -0.39 is 6.10 Å². The van der Waals surface area contributed by atoms with Crippen molar-refractivity contribution in [1.82, 2.24) is 9.97 Å². The topological polar surface area (TPSA) is 55.3 Å². The van der Waals surface area contributed by atoms with Crippen LogP contribution in [0, 0.1) is 5.92 Å². The van der Waals surface area contributed by atoms with Gasteiger partial charge in [0.15, 0.2) is 6.10 Å². The number of anilines is 1. The summed E-state index contributed by atoms with van der Waals surface area (Å²) in [5.74, 6) is 1.11. The van der Waals surface area contributed by atoms with Crippen LogP contribution in [-0.4, -0.2) is 28.5 Å². The first-order valence-electron chi connectivity index (χ1n) is 9.02. The molecule has 0 spiro atoms. The smallest absolute Gasteiger partial charge is 0.267 e. The average Bonchev–Trinajstić information content (AvgIpc) is 3.16. The van der Waals surface area contributed by atoms with E-state index in [2.05, 4.69) is 18.8 Å². The number of benzene rings is 1.